The molecule has 1 atom stereocenters. The molecule has 1 saturated heterocycles. The molecule has 0 amide bonds. The highest BCUT2D eigenvalue weighted by Crippen LogP contribution is 2.24. The van der Waals surface area contributed by atoms with Crippen LogP contribution in [0.3, 0.4) is 0 Å². The zero-order chi connectivity index (χ0) is 17.2. The maximum atomic E-state index is 12.3. The largest absolute Gasteiger partial charge is 0.295 e. The Morgan fingerprint density at radius 1 is 1.29 bits per heavy atom. The second kappa shape index (κ2) is 7.26. The lowest BCUT2D eigenvalue weighted by molar-refractivity contribution is 0.156. The number of hydrogen-bond acceptors (Lipinski definition) is 6. The molecule has 0 radical (unpaired) electrons. The summed E-state index contributed by atoms with van der Waals surface area (Å²) in [5.41, 5.74) is 1.87. The predicted octanol–water partition coefficient (Wildman–Crippen LogP) is 2.35. The maximum Gasteiger partial charge on any atom is 0.250 e. The Bertz CT molecular complexity index is 752. The molecule has 1 fully saturated rings. The van der Waals surface area contributed by atoms with E-state index < -0.39 is 10.0 Å². The average molecular weight is 367 g/mol. The van der Waals surface area contributed by atoms with E-state index in [2.05, 4.69) is 26.5 Å². The Labute approximate surface area is 147 Å². The van der Waals surface area contributed by atoms with Crippen LogP contribution in [0.4, 0.5) is 0 Å². The van der Waals surface area contributed by atoms with Gasteiger partial charge in [-0.05, 0) is 38.1 Å². The van der Waals surface area contributed by atoms with Crippen LogP contribution in [0, 0.1) is 6.92 Å². The summed E-state index contributed by atoms with van der Waals surface area (Å²) in [6, 6.07) is 3.57. The van der Waals surface area contributed by atoms with Gasteiger partial charge in [-0.25, -0.2) is 13.1 Å². The van der Waals surface area contributed by atoms with Gasteiger partial charge >= 0.3 is 0 Å². The number of thiophene rings is 1. The quantitative estimate of drug-likeness (QED) is 0.879. The zero-order valence-corrected chi connectivity index (χ0v) is 15.5. The summed E-state index contributed by atoms with van der Waals surface area (Å²) in [6.07, 6.45) is 5.21. The normalized spacial score (nSPS) is 18.6. The lowest BCUT2D eigenvalue weighted by Crippen LogP contribution is -2.45. The minimum absolute atomic E-state index is 0.00958. The average Bonchev–Trinajstić information content (AvgIpc) is 3.11. The lowest BCUT2D eigenvalue weighted by Gasteiger charge is -2.35. The van der Waals surface area contributed by atoms with Gasteiger partial charge in [0.2, 0.25) is 10.0 Å². The highest BCUT2D eigenvalue weighted by molar-refractivity contribution is 7.91. The van der Waals surface area contributed by atoms with Crippen molar-refractivity contribution in [2.24, 2.45) is 0 Å². The Hall–Kier alpha value is -1.35. The van der Waals surface area contributed by atoms with E-state index in [0.29, 0.717) is 4.21 Å². The standard InChI is InChI=1S/C16H22N4O2S2/c1-12-10-18-15(11-17-12)13(2)20-7-5-14(6-8-20)19-24(21,22)16-4-3-9-23-16/h3-4,9-11,13-14,19H,5-8H2,1-2H3/t13-/m0/s1. The topological polar surface area (TPSA) is 75.2 Å². The van der Waals surface area contributed by atoms with Crippen LogP contribution in [-0.2, 0) is 10.0 Å². The molecule has 2 aromatic rings. The Kier molecular flexibility index (Phi) is 5.29. The molecule has 1 aliphatic heterocycles. The molecule has 3 rings (SSSR count). The van der Waals surface area contributed by atoms with Crippen molar-refractivity contribution in [2.45, 2.75) is 43.0 Å². The predicted molar refractivity (Wildman–Crippen MR) is 94.4 cm³/mol. The third-order valence-corrected chi connectivity index (χ3v) is 7.31. The number of nitrogens with one attached hydrogen (secondary N) is 1. The van der Waals surface area contributed by atoms with Gasteiger partial charge < -0.3 is 0 Å². The molecule has 24 heavy (non-hydrogen) atoms. The number of hydrogen-bond donors (Lipinski definition) is 1. The highest BCUT2D eigenvalue weighted by Gasteiger charge is 2.27. The molecular formula is C16H22N4O2S2. The number of aromatic nitrogens is 2. The molecule has 0 spiro atoms. The van der Waals surface area contributed by atoms with E-state index in [9.17, 15) is 8.42 Å². The van der Waals surface area contributed by atoms with E-state index in [1.807, 2.05) is 13.1 Å². The summed E-state index contributed by atoms with van der Waals surface area (Å²) in [5, 5.41) is 1.78. The van der Waals surface area contributed by atoms with Crippen LogP contribution in [0.1, 0.15) is 37.2 Å². The minimum atomic E-state index is -3.38. The Morgan fingerprint density at radius 2 is 2.04 bits per heavy atom. The summed E-state index contributed by atoms with van der Waals surface area (Å²) in [4.78, 5) is 11.1. The first-order valence-corrected chi connectivity index (χ1v) is 10.4. The summed E-state index contributed by atoms with van der Waals surface area (Å²) < 4.78 is 27.8. The molecule has 3 heterocycles. The van der Waals surface area contributed by atoms with Crippen LogP contribution in [0.15, 0.2) is 34.1 Å². The van der Waals surface area contributed by atoms with Gasteiger partial charge in [0.1, 0.15) is 4.21 Å². The van der Waals surface area contributed by atoms with Crippen LogP contribution in [0.2, 0.25) is 0 Å². The summed E-state index contributed by atoms with van der Waals surface area (Å²) in [7, 11) is -3.38. The van der Waals surface area contributed by atoms with Crippen molar-refractivity contribution in [1.29, 1.82) is 0 Å². The molecule has 0 unspecified atom stereocenters. The number of aryl methyl sites for hydroxylation is 1. The summed E-state index contributed by atoms with van der Waals surface area (Å²) >= 11 is 1.25. The van der Waals surface area contributed by atoms with E-state index in [4.69, 9.17) is 0 Å². The molecule has 0 bridgehead atoms. The third kappa shape index (κ3) is 4.00. The van der Waals surface area contributed by atoms with E-state index >= 15 is 0 Å². The smallest absolute Gasteiger partial charge is 0.250 e. The fraction of sp³-hybridized carbons (Fsp3) is 0.500. The summed E-state index contributed by atoms with van der Waals surface area (Å²) in [5.74, 6) is 0. The van der Waals surface area contributed by atoms with Crippen LogP contribution in [-0.4, -0.2) is 42.4 Å². The van der Waals surface area contributed by atoms with Crippen molar-refractivity contribution in [1.82, 2.24) is 19.6 Å². The molecule has 8 heteroatoms. The van der Waals surface area contributed by atoms with Gasteiger partial charge in [-0.1, -0.05) is 6.07 Å². The number of likely N-dealkylation sites (tertiary alicyclic amines) is 1. The lowest BCUT2D eigenvalue weighted by atomic mass is 10.0. The van der Waals surface area contributed by atoms with Crippen molar-refractivity contribution in [3.05, 3.63) is 41.3 Å². The first kappa shape index (κ1) is 17.5. The first-order chi connectivity index (χ1) is 11.5. The number of rotatable bonds is 5. The molecule has 130 valence electrons. The van der Waals surface area contributed by atoms with E-state index in [1.165, 1.54) is 11.3 Å². The molecule has 0 aliphatic carbocycles. The summed E-state index contributed by atoms with van der Waals surface area (Å²) in [6.45, 7) is 5.73. The van der Waals surface area contributed by atoms with Gasteiger partial charge in [-0.2, -0.15) is 0 Å². The van der Waals surface area contributed by atoms with Gasteiger partial charge in [0.05, 0.1) is 23.6 Å². The molecule has 0 aromatic carbocycles. The number of piperidine rings is 1. The number of nitrogens with zero attached hydrogens (tertiary/aromatic N) is 3. The van der Waals surface area contributed by atoms with E-state index in [-0.39, 0.29) is 12.1 Å². The van der Waals surface area contributed by atoms with Crippen LogP contribution < -0.4 is 4.72 Å². The Balaban J connectivity index is 1.57. The SMILES string of the molecule is Cc1cnc([C@H](C)N2CCC(NS(=O)(=O)c3cccs3)CC2)cn1. The maximum absolute atomic E-state index is 12.3. The van der Waals surface area contributed by atoms with Gasteiger partial charge in [-0.15, -0.1) is 11.3 Å². The fourth-order valence-electron chi connectivity index (χ4n) is 2.90. The molecule has 0 saturated carbocycles. The number of sulfonamides is 1. The zero-order valence-electron chi connectivity index (χ0n) is 13.8. The molecular weight excluding hydrogens is 344 g/mol. The second-order valence-electron chi connectivity index (χ2n) is 6.12. The van der Waals surface area contributed by atoms with Crippen LogP contribution in [0.25, 0.3) is 0 Å². The van der Waals surface area contributed by atoms with Gasteiger partial charge in [0, 0.05) is 25.3 Å². The van der Waals surface area contributed by atoms with Crippen LogP contribution >= 0.6 is 11.3 Å². The van der Waals surface area contributed by atoms with Crippen molar-refractivity contribution in [3.63, 3.8) is 0 Å². The van der Waals surface area contributed by atoms with E-state index in [1.54, 1.807) is 23.7 Å². The van der Waals surface area contributed by atoms with Gasteiger partial charge in [0.15, 0.2) is 0 Å². The molecule has 2 aromatic heterocycles. The third-order valence-electron chi connectivity index (χ3n) is 4.39. The van der Waals surface area contributed by atoms with Gasteiger partial charge in [-0.3, -0.25) is 14.9 Å². The molecule has 1 aliphatic rings. The fourth-order valence-corrected chi connectivity index (χ4v) is 5.22. The van der Waals surface area contributed by atoms with Crippen molar-refractivity contribution in [3.8, 4) is 0 Å². The second-order valence-corrected chi connectivity index (χ2v) is 9.01. The van der Waals surface area contributed by atoms with Crippen molar-refractivity contribution >= 4 is 21.4 Å². The molecule has 1 N–H and O–H groups in total. The van der Waals surface area contributed by atoms with Crippen molar-refractivity contribution < 1.29 is 8.42 Å². The first-order valence-electron chi connectivity index (χ1n) is 8.04. The Morgan fingerprint density at radius 3 is 2.62 bits per heavy atom. The minimum Gasteiger partial charge on any atom is -0.295 e. The monoisotopic (exact) mass is 366 g/mol. The van der Waals surface area contributed by atoms with Crippen LogP contribution in [0.5, 0.6) is 0 Å². The van der Waals surface area contributed by atoms with E-state index in [0.717, 1.165) is 37.3 Å². The highest BCUT2D eigenvalue weighted by atomic mass is 32.2. The van der Waals surface area contributed by atoms with Gasteiger partial charge in [0.25, 0.3) is 0 Å². The van der Waals surface area contributed by atoms with Crippen molar-refractivity contribution in [2.75, 3.05) is 13.1 Å². The molecule has 6 nitrogen and oxygen atoms in total.